The Bertz CT molecular complexity index is 622. The maximum atomic E-state index is 12.0. The van der Waals surface area contributed by atoms with Crippen molar-refractivity contribution in [2.24, 2.45) is 10.9 Å². The van der Waals surface area contributed by atoms with Gasteiger partial charge in [-0.05, 0) is 43.4 Å². The minimum atomic E-state index is 0.0951. The molecule has 1 amide bonds. The average molecular weight is 389 g/mol. The minimum Gasteiger partial charge on any atom is -0.493 e. The second-order valence-corrected chi connectivity index (χ2v) is 7.94. The molecular formula is C22H36N4O2. The summed E-state index contributed by atoms with van der Waals surface area (Å²) >= 11 is 0. The van der Waals surface area contributed by atoms with E-state index in [1.165, 1.54) is 12.8 Å². The molecule has 156 valence electrons. The number of ether oxygens (including phenoxy) is 1. The van der Waals surface area contributed by atoms with Crippen molar-refractivity contribution < 1.29 is 9.53 Å². The van der Waals surface area contributed by atoms with Crippen molar-refractivity contribution in [2.75, 3.05) is 20.2 Å². The monoisotopic (exact) mass is 388 g/mol. The summed E-state index contributed by atoms with van der Waals surface area (Å²) in [6, 6.07) is 8.60. The smallest absolute Gasteiger partial charge is 0.221 e. The van der Waals surface area contributed by atoms with Gasteiger partial charge in [0.2, 0.25) is 5.91 Å². The fraction of sp³-hybridized carbons (Fsp3) is 0.636. The largest absolute Gasteiger partial charge is 0.493 e. The molecular weight excluding hydrogens is 352 g/mol. The van der Waals surface area contributed by atoms with Crippen LogP contribution in [0.15, 0.2) is 29.3 Å². The number of aliphatic imine (C=N–C) groups is 1. The normalized spacial score (nSPS) is 16.1. The van der Waals surface area contributed by atoms with Crippen LogP contribution < -0.4 is 20.7 Å². The van der Waals surface area contributed by atoms with Gasteiger partial charge in [0.1, 0.15) is 5.75 Å². The van der Waals surface area contributed by atoms with E-state index in [0.29, 0.717) is 30.9 Å². The van der Waals surface area contributed by atoms with E-state index in [-0.39, 0.29) is 11.9 Å². The zero-order chi connectivity index (χ0) is 20.4. The highest BCUT2D eigenvalue weighted by Gasteiger charge is 2.16. The van der Waals surface area contributed by atoms with Crippen LogP contribution >= 0.6 is 0 Å². The lowest BCUT2D eigenvalue weighted by atomic mass is 10.1. The van der Waals surface area contributed by atoms with Gasteiger partial charge in [-0.2, -0.15) is 0 Å². The number of carbonyl (C=O) groups is 1. The van der Waals surface area contributed by atoms with Gasteiger partial charge in [-0.1, -0.05) is 38.8 Å². The molecule has 0 radical (unpaired) electrons. The van der Waals surface area contributed by atoms with Crippen molar-refractivity contribution in [3.8, 4) is 5.75 Å². The Morgan fingerprint density at radius 1 is 1.18 bits per heavy atom. The molecule has 0 spiro atoms. The Morgan fingerprint density at radius 3 is 2.46 bits per heavy atom. The second kappa shape index (κ2) is 11.6. The zero-order valence-corrected chi connectivity index (χ0v) is 17.8. The van der Waals surface area contributed by atoms with E-state index in [0.717, 1.165) is 30.8 Å². The summed E-state index contributed by atoms with van der Waals surface area (Å²) in [6.07, 6.45) is 5.13. The molecule has 1 aromatic rings. The van der Waals surface area contributed by atoms with E-state index in [1.807, 2.05) is 12.1 Å². The fourth-order valence-corrected chi connectivity index (χ4v) is 3.26. The number of benzene rings is 1. The van der Waals surface area contributed by atoms with Crippen LogP contribution in [-0.4, -0.2) is 38.1 Å². The van der Waals surface area contributed by atoms with Crippen molar-refractivity contribution in [3.05, 3.63) is 29.8 Å². The van der Waals surface area contributed by atoms with Crippen molar-refractivity contribution in [1.82, 2.24) is 16.0 Å². The summed E-state index contributed by atoms with van der Waals surface area (Å²) in [4.78, 5) is 16.3. The third-order valence-electron chi connectivity index (χ3n) is 4.91. The Morgan fingerprint density at radius 2 is 1.86 bits per heavy atom. The molecule has 1 saturated carbocycles. The van der Waals surface area contributed by atoms with E-state index in [2.05, 4.69) is 53.8 Å². The molecule has 0 saturated heterocycles. The van der Waals surface area contributed by atoms with Crippen LogP contribution in [0.1, 0.15) is 64.5 Å². The number of hydrogen-bond donors (Lipinski definition) is 3. The molecule has 1 fully saturated rings. The molecule has 6 nitrogen and oxygen atoms in total. The molecule has 1 atom stereocenters. The number of amides is 1. The number of nitrogens with one attached hydrogen (secondary N) is 3. The van der Waals surface area contributed by atoms with Crippen LogP contribution in [-0.2, 0) is 4.79 Å². The molecule has 0 heterocycles. The van der Waals surface area contributed by atoms with Gasteiger partial charge in [-0.3, -0.25) is 9.79 Å². The summed E-state index contributed by atoms with van der Waals surface area (Å²) in [5, 5.41) is 9.70. The van der Waals surface area contributed by atoms with Gasteiger partial charge in [0.25, 0.3) is 0 Å². The standard InChI is InChI=1S/C22H36N4O2/c1-16(2)15-28-20-11-9-18(10-12-20)17(3)25-22(23-4)24-14-13-21(27)26-19-7-5-6-8-19/h9-12,16-17,19H,5-8,13-15H2,1-4H3,(H,26,27)(H2,23,24,25). The van der Waals surface area contributed by atoms with Gasteiger partial charge >= 0.3 is 0 Å². The maximum Gasteiger partial charge on any atom is 0.221 e. The maximum absolute atomic E-state index is 12.0. The molecule has 3 N–H and O–H groups in total. The minimum absolute atomic E-state index is 0.0951. The molecule has 1 aliphatic carbocycles. The molecule has 2 rings (SSSR count). The van der Waals surface area contributed by atoms with Crippen LogP contribution in [0.4, 0.5) is 0 Å². The van der Waals surface area contributed by atoms with Crippen molar-refractivity contribution >= 4 is 11.9 Å². The predicted molar refractivity (Wildman–Crippen MR) is 115 cm³/mol. The Hall–Kier alpha value is -2.24. The highest BCUT2D eigenvalue weighted by molar-refractivity contribution is 5.81. The summed E-state index contributed by atoms with van der Waals surface area (Å²) in [5.74, 6) is 2.21. The number of nitrogens with zero attached hydrogens (tertiary/aromatic N) is 1. The highest BCUT2D eigenvalue weighted by atomic mass is 16.5. The van der Waals surface area contributed by atoms with Crippen molar-refractivity contribution in [1.29, 1.82) is 0 Å². The van der Waals surface area contributed by atoms with E-state index in [1.54, 1.807) is 7.05 Å². The van der Waals surface area contributed by atoms with Crippen LogP contribution in [0, 0.1) is 5.92 Å². The van der Waals surface area contributed by atoms with E-state index in [4.69, 9.17) is 4.74 Å². The topological polar surface area (TPSA) is 74.8 Å². The second-order valence-electron chi connectivity index (χ2n) is 7.94. The number of guanidine groups is 1. The summed E-state index contributed by atoms with van der Waals surface area (Å²) in [6.45, 7) is 7.64. The average Bonchev–Trinajstić information content (AvgIpc) is 3.18. The molecule has 28 heavy (non-hydrogen) atoms. The number of carbonyl (C=O) groups excluding carboxylic acids is 1. The summed E-state index contributed by atoms with van der Waals surface area (Å²) < 4.78 is 5.73. The molecule has 6 heteroatoms. The summed E-state index contributed by atoms with van der Waals surface area (Å²) in [7, 11) is 1.74. The highest BCUT2D eigenvalue weighted by Crippen LogP contribution is 2.18. The molecule has 1 aliphatic rings. The first-order valence-corrected chi connectivity index (χ1v) is 10.5. The van der Waals surface area contributed by atoms with Crippen molar-refractivity contribution in [2.45, 2.75) is 65.0 Å². The van der Waals surface area contributed by atoms with Gasteiger partial charge < -0.3 is 20.7 Å². The van der Waals surface area contributed by atoms with Crippen LogP contribution in [0.3, 0.4) is 0 Å². The fourth-order valence-electron chi connectivity index (χ4n) is 3.26. The lowest BCUT2D eigenvalue weighted by molar-refractivity contribution is -0.121. The van der Waals surface area contributed by atoms with Gasteiger partial charge in [0, 0.05) is 26.1 Å². The molecule has 0 bridgehead atoms. The van der Waals surface area contributed by atoms with Gasteiger partial charge in [-0.25, -0.2) is 0 Å². The molecule has 1 aromatic carbocycles. The third-order valence-corrected chi connectivity index (χ3v) is 4.91. The van der Waals surface area contributed by atoms with Gasteiger partial charge in [0.15, 0.2) is 5.96 Å². The third kappa shape index (κ3) is 7.79. The van der Waals surface area contributed by atoms with Gasteiger partial charge in [0.05, 0.1) is 12.6 Å². The molecule has 1 unspecified atom stereocenters. The number of hydrogen-bond acceptors (Lipinski definition) is 3. The Kier molecular flexibility index (Phi) is 9.11. The van der Waals surface area contributed by atoms with Crippen LogP contribution in [0.25, 0.3) is 0 Å². The Labute approximate surface area is 169 Å². The van der Waals surface area contributed by atoms with E-state index in [9.17, 15) is 4.79 Å². The first-order valence-electron chi connectivity index (χ1n) is 10.5. The Balaban J connectivity index is 1.72. The van der Waals surface area contributed by atoms with E-state index < -0.39 is 0 Å². The number of rotatable bonds is 9. The predicted octanol–water partition coefficient (Wildman–Crippen LogP) is 3.40. The lowest BCUT2D eigenvalue weighted by Crippen LogP contribution is -2.41. The summed E-state index contributed by atoms with van der Waals surface area (Å²) in [5.41, 5.74) is 1.15. The van der Waals surface area contributed by atoms with Crippen LogP contribution in [0.2, 0.25) is 0 Å². The van der Waals surface area contributed by atoms with E-state index >= 15 is 0 Å². The quantitative estimate of drug-likeness (QED) is 0.448. The van der Waals surface area contributed by atoms with Gasteiger partial charge in [-0.15, -0.1) is 0 Å². The molecule has 0 aromatic heterocycles. The lowest BCUT2D eigenvalue weighted by Gasteiger charge is -2.19. The van der Waals surface area contributed by atoms with Crippen LogP contribution in [0.5, 0.6) is 5.75 Å². The SMILES string of the molecule is CN=C(NCCC(=O)NC1CCCC1)NC(C)c1ccc(OCC(C)C)cc1. The molecule has 0 aliphatic heterocycles. The van der Waals surface area contributed by atoms with Crippen molar-refractivity contribution in [3.63, 3.8) is 0 Å². The first-order chi connectivity index (χ1) is 13.5. The zero-order valence-electron chi connectivity index (χ0n) is 17.8. The first kappa shape index (κ1) is 22.1.